The zero-order valence-corrected chi connectivity index (χ0v) is 18.3. The first-order chi connectivity index (χ1) is 13.4. The van der Waals surface area contributed by atoms with Crippen molar-refractivity contribution in [1.29, 1.82) is 0 Å². The van der Waals surface area contributed by atoms with E-state index < -0.39 is 11.9 Å². The molecule has 0 fully saturated rings. The Morgan fingerprint density at radius 2 is 1.89 bits per heavy atom. The molecule has 0 bridgehead atoms. The van der Waals surface area contributed by atoms with Gasteiger partial charge in [-0.3, -0.25) is 4.79 Å². The molecule has 7 nitrogen and oxygen atoms in total. The second-order valence-corrected chi connectivity index (χ2v) is 7.33. The van der Waals surface area contributed by atoms with E-state index in [1.165, 1.54) is 14.2 Å². The van der Waals surface area contributed by atoms with E-state index >= 15 is 0 Å². The quantitative estimate of drug-likeness (QED) is 0.621. The molecule has 150 valence electrons. The molecule has 1 aromatic carbocycles. The van der Waals surface area contributed by atoms with Crippen LogP contribution < -0.4 is 9.47 Å². The highest BCUT2D eigenvalue weighted by Crippen LogP contribution is 2.41. The minimum absolute atomic E-state index is 0.112. The lowest BCUT2D eigenvalue weighted by atomic mass is 10.1. The van der Waals surface area contributed by atoms with Crippen LogP contribution in [0.3, 0.4) is 0 Å². The fourth-order valence-corrected chi connectivity index (χ4v) is 3.87. The molecule has 0 radical (unpaired) electrons. The summed E-state index contributed by atoms with van der Waals surface area (Å²) in [6.07, 6.45) is 1.82. The predicted molar refractivity (Wildman–Crippen MR) is 112 cm³/mol. The molecule has 1 aliphatic heterocycles. The van der Waals surface area contributed by atoms with Crippen molar-refractivity contribution in [2.75, 3.05) is 20.8 Å². The van der Waals surface area contributed by atoms with E-state index in [1.807, 2.05) is 0 Å². The number of esters is 1. The van der Waals surface area contributed by atoms with Gasteiger partial charge < -0.3 is 19.3 Å². The van der Waals surface area contributed by atoms with Crippen LogP contribution in [0.1, 0.15) is 25.8 Å². The number of benzene rings is 1. The number of carbonyl (C=O) groups excluding carboxylic acids is 2. The monoisotopic (exact) mass is 469 g/mol. The van der Waals surface area contributed by atoms with Crippen molar-refractivity contribution in [3.8, 4) is 11.5 Å². The Balaban J connectivity index is 2.57. The number of aliphatic imine (C=N–C) groups is 1. The minimum atomic E-state index is -0.735. The molecule has 0 unspecified atom stereocenters. The van der Waals surface area contributed by atoms with Gasteiger partial charge in [-0.15, -0.1) is 0 Å². The molecule has 1 heterocycles. The first kappa shape index (κ1) is 22.0. The second-order valence-electron chi connectivity index (χ2n) is 5.45. The van der Waals surface area contributed by atoms with Gasteiger partial charge in [0.1, 0.15) is 27.9 Å². The van der Waals surface area contributed by atoms with Gasteiger partial charge in [0.25, 0.3) is 0 Å². The van der Waals surface area contributed by atoms with E-state index in [4.69, 9.17) is 14.2 Å². The van der Waals surface area contributed by atoms with Crippen molar-refractivity contribution in [2.45, 2.75) is 20.3 Å². The van der Waals surface area contributed by atoms with Gasteiger partial charge >= 0.3 is 5.97 Å². The zero-order chi connectivity index (χ0) is 20.8. The van der Waals surface area contributed by atoms with Gasteiger partial charge in [-0.2, -0.15) is 0 Å². The molecular formula is C19H20BrNO6S. The van der Waals surface area contributed by atoms with Crippen LogP contribution in [0.25, 0.3) is 6.08 Å². The summed E-state index contributed by atoms with van der Waals surface area (Å²) >= 11 is 4.43. The average Bonchev–Trinajstić information content (AvgIpc) is 2.97. The molecule has 1 aliphatic rings. The second kappa shape index (κ2) is 9.79. The number of hydrogen-bond donors (Lipinski definition) is 1. The molecule has 1 aromatic rings. The van der Waals surface area contributed by atoms with Gasteiger partial charge in [0.2, 0.25) is 5.91 Å². The lowest BCUT2D eigenvalue weighted by Crippen LogP contribution is -2.14. The SMILES string of the molecule is CCOC(=O)C1=C(O)/C(=C/c2cc(Br)c(OC)cc2OC)SC1=NC(=O)CC. The fourth-order valence-electron chi connectivity index (χ4n) is 2.32. The lowest BCUT2D eigenvalue weighted by molar-refractivity contribution is -0.138. The first-order valence-corrected chi connectivity index (χ1v) is 10.0. The summed E-state index contributed by atoms with van der Waals surface area (Å²) < 4.78 is 16.3. The Morgan fingerprint density at radius 1 is 1.21 bits per heavy atom. The van der Waals surface area contributed by atoms with Gasteiger partial charge in [-0.1, -0.05) is 18.7 Å². The van der Waals surface area contributed by atoms with Crippen molar-refractivity contribution in [3.63, 3.8) is 0 Å². The maximum absolute atomic E-state index is 12.3. The Labute approximate surface area is 175 Å². The van der Waals surface area contributed by atoms with Crippen molar-refractivity contribution < 1.29 is 28.9 Å². The molecule has 0 saturated heterocycles. The highest BCUT2D eigenvalue weighted by atomic mass is 79.9. The normalized spacial score (nSPS) is 16.6. The van der Waals surface area contributed by atoms with Crippen LogP contribution in [0.5, 0.6) is 11.5 Å². The van der Waals surface area contributed by atoms with Crippen molar-refractivity contribution in [3.05, 3.63) is 38.4 Å². The van der Waals surface area contributed by atoms with Crippen molar-refractivity contribution >= 4 is 50.7 Å². The fraction of sp³-hybridized carbons (Fsp3) is 0.316. The number of thioether (sulfide) groups is 1. The molecule has 0 saturated carbocycles. The summed E-state index contributed by atoms with van der Waals surface area (Å²) in [5, 5.41) is 10.7. The van der Waals surface area contributed by atoms with Crippen LogP contribution >= 0.6 is 27.7 Å². The lowest BCUT2D eigenvalue weighted by Gasteiger charge is -2.10. The van der Waals surface area contributed by atoms with Gasteiger partial charge in [-0.05, 0) is 35.0 Å². The Morgan fingerprint density at radius 3 is 2.46 bits per heavy atom. The van der Waals surface area contributed by atoms with E-state index in [0.717, 1.165) is 11.8 Å². The van der Waals surface area contributed by atoms with E-state index in [1.54, 1.807) is 32.1 Å². The summed E-state index contributed by atoms with van der Waals surface area (Å²) in [4.78, 5) is 28.3. The summed E-state index contributed by atoms with van der Waals surface area (Å²) in [6, 6.07) is 3.45. The van der Waals surface area contributed by atoms with Crippen molar-refractivity contribution in [2.24, 2.45) is 4.99 Å². The van der Waals surface area contributed by atoms with E-state index in [0.29, 0.717) is 26.4 Å². The van der Waals surface area contributed by atoms with Crippen LogP contribution in [-0.2, 0) is 14.3 Å². The Hall–Kier alpha value is -2.26. The number of methoxy groups -OCH3 is 2. The highest BCUT2D eigenvalue weighted by molar-refractivity contribution is 9.10. The molecule has 0 aliphatic carbocycles. The molecule has 1 amide bonds. The maximum atomic E-state index is 12.3. The largest absolute Gasteiger partial charge is 0.506 e. The topological polar surface area (TPSA) is 94.4 Å². The van der Waals surface area contributed by atoms with Gasteiger partial charge in [0, 0.05) is 18.1 Å². The molecule has 28 heavy (non-hydrogen) atoms. The van der Waals surface area contributed by atoms with Gasteiger partial charge in [0.05, 0.1) is 30.2 Å². The number of rotatable bonds is 6. The van der Waals surface area contributed by atoms with E-state index in [-0.39, 0.29) is 29.4 Å². The molecule has 0 aromatic heterocycles. The first-order valence-electron chi connectivity index (χ1n) is 8.39. The number of hydrogen-bond acceptors (Lipinski definition) is 7. The third-order valence-electron chi connectivity index (χ3n) is 3.69. The standard InChI is InChI=1S/C19H20BrNO6S/c1-5-15(22)21-18-16(19(24)27-6-2)17(23)14(28-18)8-10-7-11(20)13(26-4)9-12(10)25-3/h7-9,23H,5-6H2,1-4H3/b14-8-,21-18?. The molecule has 2 rings (SSSR count). The summed E-state index contributed by atoms with van der Waals surface area (Å²) in [5.41, 5.74) is 0.516. The number of carbonyl (C=O) groups is 2. The van der Waals surface area contributed by atoms with Crippen LogP contribution in [-0.4, -0.2) is 42.9 Å². The maximum Gasteiger partial charge on any atom is 0.344 e. The number of ether oxygens (including phenoxy) is 3. The summed E-state index contributed by atoms with van der Waals surface area (Å²) in [5.74, 6) is -0.334. The number of aliphatic hydroxyl groups is 1. The van der Waals surface area contributed by atoms with Crippen LogP contribution in [0.15, 0.2) is 37.8 Å². The zero-order valence-electron chi connectivity index (χ0n) is 15.9. The average molecular weight is 470 g/mol. The molecule has 1 N–H and O–H groups in total. The smallest absolute Gasteiger partial charge is 0.344 e. The van der Waals surface area contributed by atoms with E-state index in [9.17, 15) is 14.7 Å². The summed E-state index contributed by atoms with van der Waals surface area (Å²) in [7, 11) is 3.05. The molecular weight excluding hydrogens is 450 g/mol. The highest BCUT2D eigenvalue weighted by Gasteiger charge is 2.33. The minimum Gasteiger partial charge on any atom is -0.506 e. The molecule has 0 atom stereocenters. The van der Waals surface area contributed by atoms with Crippen LogP contribution in [0.2, 0.25) is 0 Å². The van der Waals surface area contributed by atoms with Crippen LogP contribution in [0.4, 0.5) is 0 Å². The molecule has 0 spiro atoms. The number of nitrogens with zero attached hydrogens (tertiary/aromatic N) is 1. The van der Waals surface area contributed by atoms with Crippen molar-refractivity contribution in [1.82, 2.24) is 0 Å². The Kier molecular flexibility index (Phi) is 7.70. The Bertz CT molecular complexity index is 891. The number of halogens is 1. The van der Waals surface area contributed by atoms with E-state index in [2.05, 4.69) is 20.9 Å². The van der Waals surface area contributed by atoms with Crippen LogP contribution in [0, 0.1) is 0 Å². The predicted octanol–water partition coefficient (Wildman–Crippen LogP) is 4.26. The third-order valence-corrected chi connectivity index (χ3v) is 5.33. The molecule has 9 heteroatoms. The third kappa shape index (κ3) is 4.77. The summed E-state index contributed by atoms with van der Waals surface area (Å²) in [6.45, 7) is 3.45. The number of aliphatic hydroxyl groups excluding tert-OH is 1. The van der Waals surface area contributed by atoms with Gasteiger partial charge in [-0.25, -0.2) is 9.79 Å². The van der Waals surface area contributed by atoms with Gasteiger partial charge in [0.15, 0.2) is 0 Å². The number of amides is 1.